The molecule has 0 unspecified atom stereocenters. The van der Waals surface area contributed by atoms with Crippen LogP contribution in [0.2, 0.25) is 0 Å². The predicted molar refractivity (Wildman–Crippen MR) is 83.8 cm³/mol. The van der Waals surface area contributed by atoms with Crippen molar-refractivity contribution in [3.8, 4) is 5.69 Å². The van der Waals surface area contributed by atoms with Gasteiger partial charge in [0.15, 0.2) is 4.77 Å². The van der Waals surface area contributed by atoms with Gasteiger partial charge in [-0.05, 0) is 52.4 Å². The lowest BCUT2D eigenvalue weighted by molar-refractivity contribution is 0.618. The summed E-state index contributed by atoms with van der Waals surface area (Å²) in [7, 11) is 0. The Morgan fingerprint density at radius 1 is 1.05 bits per heavy atom. The second kappa shape index (κ2) is 5.05. The molecule has 7 heteroatoms. The molecule has 1 aromatic heterocycles. The maximum atomic E-state index is 14.0. The van der Waals surface area contributed by atoms with Crippen LogP contribution in [0, 0.1) is 16.4 Å². The number of rotatable bonds is 1. The van der Waals surface area contributed by atoms with Crippen LogP contribution >= 0.6 is 44.1 Å². The fraction of sp³-hybridized carbons (Fsp3) is 0. The normalized spacial score (nSPS) is 11.2. The molecule has 0 saturated carbocycles. The number of H-pyrrole nitrogens is 1. The van der Waals surface area contributed by atoms with Crippen LogP contribution in [-0.2, 0) is 0 Å². The van der Waals surface area contributed by atoms with E-state index in [1.165, 1.54) is 16.7 Å². The highest BCUT2D eigenvalue weighted by Gasteiger charge is 2.13. The standard InChI is InChI=1S/C13H6Br2F2N2S/c14-6-1-2-8(16)11(3-6)19-12-4-7(15)9(17)5-10(12)18-13(19)20/h1-5H,(H,18,20). The third kappa shape index (κ3) is 2.23. The van der Waals surface area contributed by atoms with Gasteiger partial charge in [-0.15, -0.1) is 0 Å². The van der Waals surface area contributed by atoms with Crippen LogP contribution in [0.1, 0.15) is 0 Å². The van der Waals surface area contributed by atoms with E-state index in [-0.39, 0.29) is 0 Å². The third-order valence-electron chi connectivity index (χ3n) is 2.87. The van der Waals surface area contributed by atoms with Crippen molar-refractivity contribution in [2.45, 2.75) is 0 Å². The summed E-state index contributed by atoms with van der Waals surface area (Å²) in [6.07, 6.45) is 0. The minimum absolute atomic E-state index is 0.295. The first-order valence-corrected chi connectivity index (χ1v) is 7.52. The Balaban J connectivity index is 2.42. The molecule has 1 N–H and O–H groups in total. The number of aromatic amines is 1. The highest BCUT2D eigenvalue weighted by molar-refractivity contribution is 9.10. The Hall–Kier alpha value is -1.05. The molecule has 0 aliphatic heterocycles. The fourth-order valence-corrected chi connectivity index (χ4v) is 2.99. The molecule has 0 saturated heterocycles. The molecule has 3 aromatic rings. The Morgan fingerprint density at radius 2 is 1.80 bits per heavy atom. The molecule has 102 valence electrons. The van der Waals surface area contributed by atoms with Crippen LogP contribution < -0.4 is 0 Å². The molecular weight excluding hydrogens is 414 g/mol. The Labute approximate surface area is 134 Å². The first-order chi connectivity index (χ1) is 9.47. The highest BCUT2D eigenvalue weighted by Crippen LogP contribution is 2.28. The highest BCUT2D eigenvalue weighted by atomic mass is 79.9. The third-order valence-corrected chi connectivity index (χ3v) is 4.26. The summed E-state index contributed by atoms with van der Waals surface area (Å²) in [6, 6.07) is 7.46. The molecule has 0 bridgehead atoms. The van der Waals surface area contributed by atoms with Crippen molar-refractivity contribution in [1.82, 2.24) is 9.55 Å². The van der Waals surface area contributed by atoms with E-state index in [1.54, 1.807) is 18.2 Å². The lowest BCUT2D eigenvalue weighted by Crippen LogP contribution is -1.98. The second-order valence-electron chi connectivity index (χ2n) is 4.14. The van der Waals surface area contributed by atoms with Crippen molar-refractivity contribution in [3.63, 3.8) is 0 Å². The van der Waals surface area contributed by atoms with Crippen molar-refractivity contribution in [3.05, 3.63) is 55.7 Å². The number of benzene rings is 2. The van der Waals surface area contributed by atoms with Crippen molar-refractivity contribution in [1.29, 1.82) is 0 Å². The summed E-state index contributed by atoms with van der Waals surface area (Å²) < 4.78 is 30.4. The van der Waals surface area contributed by atoms with Gasteiger partial charge in [0.05, 0.1) is 21.2 Å². The minimum Gasteiger partial charge on any atom is -0.330 e. The summed E-state index contributed by atoms with van der Waals surface area (Å²) in [5, 5.41) is 0. The topological polar surface area (TPSA) is 20.7 Å². The minimum atomic E-state index is -0.411. The Morgan fingerprint density at radius 3 is 2.55 bits per heavy atom. The van der Waals surface area contributed by atoms with E-state index in [0.29, 0.717) is 26.0 Å². The zero-order valence-electron chi connectivity index (χ0n) is 9.75. The average Bonchev–Trinajstić information content (AvgIpc) is 2.69. The number of hydrogen-bond acceptors (Lipinski definition) is 1. The molecule has 2 nitrogen and oxygen atoms in total. The van der Waals surface area contributed by atoms with Crippen molar-refractivity contribution in [2.75, 3.05) is 0 Å². The lowest BCUT2D eigenvalue weighted by atomic mass is 10.2. The monoisotopic (exact) mass is 418 g/mol. The fourth-order valence-electron chi connectivity index (χ4n) is 2.00. The maximum Gasteiger partial charge on any atom is 0.182 e. The van der Waals surface area contributed by atoms with Crippen molar-refractivity contribution < 1.29 is 8.78 Å². The number of hydrogen-bond donors (Lipinski definition) is 1. The maximum absolute atomic E-state index is 14.0. The van der Waals surface area contributed by atoms with Gasteiger partial charge in [-0.3, -0.25) is 4.57 Å². The quantitative estimate of drug-likeness (QED) is 0.517. The zero-order valence-corrected chi connectivity index (χ0v) is 13.7. The summed E-state index contributed by atoms with van der Waals surface area (Å²) in [4.78, 5) is 2.88. The van der Waals surface area contributed by atoms with Crippen LogP contribution in [0.5, 0.6) is 0 Å². The molecule has 0 spiro atoms. The lowest BCUT2D eigenvalue weighted by Gasteiger charge is -2.07. The van der Waals surface area contributed by atoms with E-state index in [9.17, 15) is 8.78 Å². The molecule has 0 aliphatic rings. The predicted octanol–water partition coefficient (Wildman–Crippen LogP) is 5.49. The van der Waals surface area contributed by atoms with Gasteiger partial charge in [0.2, 0.25) is 0 Å². The Bertz CT molecular complexity index is 886. The summed E-state index contributed by atoms with van der Waals surface area (Å²) in [6.45, 7) is 0. The molecule has 0 radical (unpaired) electrons. The van der Waals surface area contributed by atoms with E-state index >= 15 is 0 Å². The van der Waals surface area contributed by atoms with Gasteiger partial charge in [0.1, 0.15) is 11.6 Å². The van der Waals surface area contributed by atoms with Crippen molar-refractivity contribution >= 4 is 55.1 Å². The zero-order chi connectivity index (χ0) is 14.4. The summed E-state index contributed by atoms with van der Waals surface area (Å²) in [5.74, 6) is -0.818. The van der Waals surface area contributed by atoms with Gasteiger partial charge in [-0.1, -0.05) is 15.9 Å². The van der Waals surface area contributed by atoms with Gasteiger partial charge >= 0.3 is 0 Å². The molecule has 0 amide bonds. The molecule has 20 heavy (non-hydrogen) atoms. The molecular formula is C13H6Br2F2N2S. The smallest absolute Gasteiger partial charge is 0.182 e. The van der Waals surface area contributed by atoms with E-state index in [0.717, 1.165) is 4.47 Å². The van der Waals surface area contributed by atoms with Crippen LogP contribution in [-0.4, -0.2) is 9.55 Å². The number of imidazole rings is 1. The first-order valence-electron chi connectivity index (χ1n) is 5.52. The Kier molecular flexibility index (Phi) is 3.51. The van der Waals surface area contributed by atoms with E-state index in [2.05, 4.69) is 36.8 Å². The SMILES string of the molecule is Fc1cc2[nH]c(=S)n(-c3cc(Br)ccc3F)c2cc1Br. The van der Waals surface area contributed by atoms with E-state index in [1.807, 2.05) is 0 Å². The van der Waals surface area contributed by atoms with E-state index in [4.69, 9.17) is 12.2 Å². The van der Waals surface area contributed by atoms with Crippen LogP contribution in [0.3, 0.4) is 0 Å². The summed E-state index contributed by atoms with van der Waals surface area (Å²) >= 11 is 11.6. The van der Waals surface area contributed by atoms with E-state index < -0.39 is 11.6 Å². The van der Waals surface area contributed by atoms with Crippen LogP contribution in [0.15, 0.2) is 39.3 Å². The number of nitrogens with zero attached hydrogens (tertiary/aromatic N) is 1. The largest absolute Gasteiger partial charge is 0.330 e. The molecule has 3 rings (SSSR count). The van der Waals surface area contributed by atoms with Gasteiger partial charge in [-0.2, -0.15) is 0 Å². The van der Waals surface area contributed by atoms with Gasteiger partial charge < -0.3 is 4.98 Å². The van der Waals surface area contributed by atoms with Gasteiger partial charge in [0, 0.05) is 10.5 Å². The molecule has 0 aliphatic carbocycles. The second-order valence-corrected chi connectivity index (χ2v) is 6.30. The number of fused-ring (bicyclic) bond motifs is 1. The molecule has 2 aromatic carbocycles. The van der Waals surface area contributed by atoms with Crippen molar-refractivity contribution in [2.24, 2.45) is 0 Å². The molecule has 0 atom stereocenters. The number of halogens is 4. The van der Waals surface area contributed by atoms with Crippen LogP contribution in [0.25, 0.3) is 16.7 Å². The van der Waals surface area contributed by atoms with Crippen LogP contribution in [0.4, 0.5) is 8.78 Å². The van der Waals surface area contributed by atoms with Gasteiger partial charge in [-0.25, -0.2) is 8.78 Å². The first kappa shape index (κ1) is 13.9. The van der Waals surface area contributed by atoms with Gasteiger partial charge in [0.25, 0.3) is 0 Å². The number of nitrogens with one attached hydrogen (secondary N) is 1. The average molecular weight is 420 g/mol. The summed E-state index contributed by atoms with van der Waals surface area (Å²) in [5.41, 5.74) is 1.41. The molecule has 1 heterocycles. The molecule has 0 fully saturated rings. The number of aromatic nitrogens is 2.